The van der Waals surface area contributed by atoms with Gasteiger partial charge in [-0.25, -0.2) is 8.42 Å². The van der Waals surface area contributed by atoms with E-state index in [2.05, 4.69) is 6.07 Å². The first-order chi connectivity index (χ1) is 9.40. The van der Waals surface area contributed by atoms with Crippen LogP contribution in [-0.2, 0) is 22.7 Å². The Balaban J connectivity index is 1.97. The Hall–Kier alpha value is -0.910. The van der Waals surface area contributed by atoms with Gasteiger partial charge in [0.25, 0.3) is 0 Å². The van der Waals surface area contributed by atoms with Crippen LogP contribution in [0.2, 0.25) is 0 Å². The average Bonchev–Trinajstić information content (AvgIpc) is 2.76. The van der Waals surface area contributed by atoms with Crippen LogP contribution in [0.3, 0.4) is 0 Å². The smallest absolute Gasteiger partial charge is 0.151 e. The fourth-order valence-corrected chi connectivity index (χ4v) is 6.02. The molecule has 1 heterocycles. The number of sulfone groups is 1. The number of hydrogen-bond acceptors (Lipinski definition) is 4. The van der Waals surface area contributed by atoms with Crippen molar-refractivity contribution in [2.24, 2.45) is 11.1 Å². The van der Waals surface area contributed by atoms with Gasteiger partial charge in [0.2, 0.25) is 0 Å². The van der Waals surface area contributed by atoms with Crippen molar-refractivity contribution >= 4 is 9.84 Å². The molecule has 2 aliphatic rings. The Morgan fingerprint density at radius 1 is 1.20 bits per heavy atom. The molecule has 4 nitrogen and oxygen atoms in total. The van der Waals surface area contributed by atoms with Crippen molar-refractivity contribution in [3.63, 3.8) is 0 Å². The van der Waals surface area contributed by atoms with Crippen molar-refractivity contribution in [1.29, 1.82) is 0 Å². The first kappa shape index (κ1) is 14.0. The fraction of sp³-hybridized carbons (Fsp3) is 0.600. The van der Waals surface area contributed by atoms with Gasteiger partial charge in [-0.15, -0.1) is 0 Å². The molecule has 3 rings (SSSR count). The molecule has 2 unspecified atom stereocenters. The van der Waals surface area contributed by atoms with Crippen molar-refractivity contribution < 1.29 is 13.5 Å². The molecule has 1 fully saturated rings. The van der Waals surface area contributed by atoms with Gasteiger partial charge in [0.1, 0.15) is 0 Å². The number of aryl methyl sites for hydroxylation is 1. The third kappa shape index (κ3) is 2.08. The molecule has 1 saturated heterocycles. The summed E-state index contributed by atoms with van der Waals surface area (Å²) < 4.78 is 23.7. The molecular weight excluding hydrogens is 274 g/mol. The van der Waals surface area contributed by atoms with Crippen LogP contribution in [0.5, 0.6) is 0 Å². The van der Waals surface area contributed by atoms with Gasteiger partial charge in [-0.05, 0) is 30.4 Å². The van der Waals surface area contributed by atoms with Gasteiger partial charge in [0.15, 0.2) is 9.84 Å². The molecule has 1 aliphatic carbocycles. The molecule has 0 radical (unpaired) electrons. The van der Waals surface area contributed by atoms with Crippen molar-refractivity contribution in [3.8, 4) is 0 Å². The highest BCUT2D eigenvalue weighted by atomic mass is 32.2. The highest BCUT2D eigenvalue weighted by molar-refractivity contribution is 7.91. The molecule has 1 aromatic rings. The minimum Gasteiger partial charge on any atom is -0.389 e. The normalized spacial score (nSPS) is 35.7. The second-order valence-electron chi connectivity index (χ2n) is 6.30. The zero-order valence-corrected chi connectivity index (χ0v) is 12.3. The lowest BCUT2D eigenvalue weighted by Gasteiger charge is -2.46. The summed E-state index contributed by atoms with van der Waals surface area (Å²) in [6, 6.07) is 8.07. The second kappa shape index (κ2) is 4.55. The topological polar surface area (TPSA) is 80.4 Å². The van der Waals surface area contributed by atoms with E-state index in [1.165, 1.54) is 5.56 Å². The fourth-order valence-electron chi connectivity index (χ4n) is 3.81. The Kier molecular flexibility index (Phi) is 3.19. The summed E-state index contributed by atoms with van der Waals surface area (Å²) >= 11 is 0. The summed E-state index contributed by atoms with van der Waals surface area (Å²) in [4.78, 5) is 0. The van der Waals surface area contributed by atoms with Crippen LogP contribution in [0.25, 0.3) is 0 Å². The third-order valence-electron chi connectivity index (χ3n) is 5.17. The molecule has 0 saturated carbocycles. The van der Waals surface area contributed by atoms with Crippen molar-refractivity contribution in [2.45, 2.75) is 31.3 Å². The number of nitrogens with two attached hydrogens (primary N) is 1. The van der Waals surface area contributed by atoms with Gasteiger partial charge in [-0.2, -0.15) is 0 Å². The van der Waals surface area contributed by atoms with Gasteiger partial charge in [-0.3, -0.25) is 0 Å². The number of aliphatic hydroxyl groups is 1. The SMILES string of the molecule is NCC1(C2(O)CCc3ccccc3C2)CCS(=O)(=O)C1. The molecule has 110 valence electrons. The maximum absolute atomic E-state index is 11.9. The maximum Gasteiger partial charge on any atom is 0.151 e. The van der Waals surface area contributed by atoms with Crippen molar-refractivity contribution in [3.05, 3.63) is 35.4 Å². The minimum absolute atomic E-state index is 0.0230. The highest BCUT2D eigenvalue weighted by Gasteiger charge is 2.55. The largest absolute Gasteiger partial charge is 0.389 e. The van der Waals surface area contributed by atoms with E-state index in [4.69, 9.17) is 5.73 Å². The molecule has 5 heteroatoms. The van der Waals surface area contributed by atoms with E-state index in [-0.39, 0.29) is 18.1 Å². The number of fused-ring (bicyclic) bond motifs is 1. The predicted octanol–water partition coefficient (Wildman–Crippen LogP) is 0.670. The molecule has 0 amide bonds. The first-order valence-electron chi connectivity index (χ1n) is 7.09. The lowest BCUT2D eigenvalue weighted by molar-refractivity contribution is -0.0779. The van der Waals surface area contributed by atoms with E-state index in [0.29, 0.717) is 19.3 Å². The summed E-state index contributed by atoms with van der Waals surface area (Å²) in [5.41, 5.74) is 6.60. The Bertz CT molecular complexity index is 628. The molecule has 1 aliphatic heterocycles. The number of hydrogen-bond donors (Lipinski definition) is 2. The van der Waals surface area contributed by atoms with E-state index in [1.807, 2.05) is 18.2 Å². The molecule has 3 N–H and O–H groups in total. The van der Waals surface area contributed by atoms with E-state index in [1.54, 1.807) is 0 Å². The summed E-state index contributed by atoms with van der Waals surface area (Å²) in [6.45, 7) is 0.227. The van der Waals surface area contributed by atoms with Crippen LogP contribution in [-0.4, -0.2) is 37.2 Å². The van der Waals surface area contributed by atoms with Crippen LogP contribution in [0.15, 0.2) is 24.3 Å². The lowest BCUT2D eigenvalue weighted by atomic mass is 9.63. The molecule has 0 aromatic heterocycles. The lowest BCUT2D eigenvalue weighted by Crippen LogP contribution is -2.56. The quantitative estimate of drug-likeness (QED) is 0.840. The second-order valence-corrected chi connectivity index (χ2v) is 8.49. The number of rotatable bonds is 2. The van der Waals surface area contributed by atoms with Gasteiger partial charge in [0.05, 0.1) is 17.1 Å². The molecule has 20 heavy (non-hydrogen) atoms. The Morgan fingerprint density at radius 3 is 2.50 bits per heavy atom. The van der Waals surface area contributed by atoms with Crippen LogP contribution >= 0.6 is 0 Å². The van der Waals surface area contributed by atoms with Crippen LogP contribution in [0, 0.1) is 5.41 Å². The summed E-state index contributed by atoms with van der Waals surface area (Å²) in [5, 5.41) is 11.2. The minimum atomic E-state index is -3.07. The zero-order chi connectivity index (χ0) is 14.4. The third-order valence-corrected chi connectivity index (χ3v) is 6.99. The van der Waals surface area contributed by atoms with Crippen LogP contribution in [0.4, 0.5) is 0 Å². The van der Waals surface area contributed by atoms with Crippen molar-refractivity contribution in [2.75, 3.05) is 18.1 Å². The van der Waals surface area contributed by atoms with E-state index < -0.39 is 20.9 Å². The zero-order valence-electron chi connectivity index (χ0n) is 11.5. The molecule has 1 aromatic carbocycles. The van der Waals surface area contributed by atoms with Crippen LogP contribution in [0.1, 0.15) is 24.0 Å². The Labute approximate surface area is 119 Å². The van der Waals surface area contributed by atoms with Gasteiger partial charge in [0, 0.05) is 18.4 Å². The van der Waals surface area contributed by atoms with E-state index in [9.17, 15) is 13.5 Å². The number of benzene rings is 1. The van der Waals surface area contributed by atoms with E-state index in [0.717, 1.165) is 12.0 Å². The van der Waals surface area contributed by atoms with E-state index >= 15 is 0 Å². The maximum atomic E-state index is 11.9. The summed E-state index contributed by atoms with van der Waals surface area (Å²) in [5.74, 6) is 0.170. The molecule has 0 bridgehead atoms. The predicted molar refractivity (Wildman–Crippen MR) is 78.2 cm³/mol. The molecular formula is C15H21NO3S. The van der Waals surface area contributed by atoms with Gasteiger partial charge in [-0.1, -0.05) is 24.3 Å². The highest BCUT2D eigenvalue weighted by Crippen LogP contribution is 2.47. The first-order valence-corrected chi connectivity index (χ1v) is 8.92. The standard InChI is InChI=1S/C15H21NO3S/c16-10-14(7-8-20(18,19)11-14)15(17)6-5-12-3-1-2-4-13(12)9-15/h1-4,17H,5-11,16H2. The summed E-state index contributed by atoms with van der Waals surface area (Å²) in [6.07, 6.45) is 2.37. The average molecular weight is 295 g/mol. The molecule has 0 spiro atoms. The van der Waals surface area contributed by atoms with Crippen molar-refractivity contribution in [1.82, 2.24) is 0 Å². The summed E-state index contributed by atoms with van der Waals surface area (Å²) in [7, 11) is -3.07. The Morgan fingerprint density at radius 2 is 1.90 bits per heavy atom. The van der Waals surface area contributed by atoms with Crippen LogP contribution < -0.4 is 5.73 Å². The van der Waals surface area contributed by atoms with Gasteiger partial charge < -0.3 is 10.8 Å². The van der Waals surface area contributed by atoms with Gasteiger partial charge >= 0.3 is 0 Å². The molecule has 2 atom stereocenters. The monoisotopic (exact) mass is 295 g/mol.